The molecule has 10 heteroatoms. The summed E-state index contributed by atoms with van der Waals surface area (Å²) in [6.45, 7) is 9.77. The van der Waals surface area contributed by atoms with Crippen LogP contribution in [0, 0.1) is 0 Å². The monoisotopic (exact) mass is 561 g/mol. The number of fused-ring (bicyclic) bond motifs is 1. The SMILES string of the molecule is CC(C)(C)c1cc(N[C@@H](CCN(CCCCc2ccc3c(n2)NCCC3)CCOc2ccccn2)C(=O)O)ncn1. The second-order valence-electron chi connectivity index (χ2n) is 11.5. The first-order valence-corrected chi connectivity index (χ1v) is 14.6. The molecule has 0 bridgehead atoms. The Morgan fingerprint density at radius 1 is 1.12 bits per heavy atom. The molecule has 1 aliphatic heterocycles. The zero-order valence-electron chi connectivity index (χ0n) is 24.5. The molecule has 0 saturated heterocycles. The molecular weight excluding hydrogens is 518 g/mol. The predicted molar refractivity (Wildman–Crippen MR) is 161 cm³/mol. The van der Waals surface area contributed by atoms with E-state index in [2.05, 4.69) is 63.4 Å². The number of unbranched alkanes of at least 4 members (excludes halogenated alkanes) is 1. The molecule has 220 valence electrons. The van der Waals surface area contributed by atoms with Crippen LogP contribution < -0.4 is 15.4 Å². The molecule has 1 aliphatic rings. The number of aryl methyl sites for hydroxylation is 2. The van der Waals surface area contributed by atoms with Gasteiger partial charge in [0.05, 0.1) is 5.69 Å². The van der Waals surface area contributed by atoms with Gasteiger partial charge in [0.1, 0.15) is 30.6 Å². The van der Waals surface area contributed by atoms with Gasteiger partial charge in [-0.3, -0.25) is 4.90 Å². The standard InChI is InChI=1S/C31H43N7O3/c1-31(2,3)26-21-27(35-22-34-26)37-25(30(39)40)14-18-38(19-20-41-28-11-4-6-15-32-28)17-7-5-10-24-13-12-23-9-8-16-33-29(23)36-24/h4,6,11-13,15,21-22,25H,5,7-10,14,16-20H2,1-3H3,(H,33,36)(H,39,40)(H,34,35,37)/t25-/m0/s1. The minimum Gasteiger partial charge on any atom is -0.480 e. The van der Waals surface area contributed by atoms with E-state index < -0.39 is 12.0 Å². The number of pyridine rings is 2. The largest absolute Gasteiger partial charge is 0.480 e. The van der Waals surface area contributed by atoms with Gasteiger partial charge in [0.15, 0.2) is 0 Å². The Kier molecular flexibility index (Phi) is 10.8. The second kappa shape index (κ2) is 14.7. The first-order chi connectivity index (χ1) is 19.8. The van der Waals surface area contributed by atoms with Gasteiger partial charge in [-0.15, -0.1) is 0 Å². The van der Waals surface area contributed by atoms with Gasteiger partial charge in [-0.25, -0.2) is 24.7 Å². The summed E-state index contributed by atoms with van der Waals surface area (Å²) in [7, 11) is 0. The average molecular weight is 562 g/mol. The van der Waals surface area contributed by atoms with Crippen molar-refractivity contribution in [3.05, 3.63) is 65.9 Å². The van der Waals surface area contributed by atoms with Crippen LogP contribution in [0.25, 0.3) is 0 Å². The van der Waals surface area contributed by atoms with Crippen molar-refractivity contribution < 1.29 is 14.6 Å². The van der Waals surface area contributed by atoms with Crippen LogP contribution in [0.3, 0.4) is 0 Å². The lowest BCUT2D eigenvalue weighted by Gasteiger charge is -2.25. The summed E-state index contributed by atoms with van der Waals surface area (Å²) in [4.78, 5) is 32.1. The van der Waals surface area contributed by atoms with Crippen LogP contribution in [0.4, 0.5) is 11.6 Å². The van der Waals surface area contributed by atoms with Gasteiger partial charge in [-0.05, 0) is 62.8 Å². The number of aliphatic carboxylic acids is 1. The number of carbonyl (C=O) groups is 1. The molecule has 0 unspecified atom stereocenters. The normalized spacial score (nSPS) is 13.8. The quantitative estimate of drug-likeness (QED) is 0.227. The van der Waals surface area contributed by atoms with Crippen molar-refractivity contribution in [1.82, 2.24) is 24.8 Å². The van der Waals surface area contributed by atoms with E-state index in [1.165, 1.54) is 11.9 Å². The number of rotatable bonds is 15. The van der Waals surface area contributed by atoms with Gasteiger partial charge in [0.2, 0.25) is 5.88 Å². The van der Waals surface area contributed by atoms with Crippen molar-refractivity contribution in [1.29, 1.82) is 0 Å². The molecule has 4 rings (SSSR count). The van der Waals surface area contributed by atoms with Gasteiger partial charge in [0, 0.05) is 49.1 Å². The Labute approximate surface area is 243 Å². The van der Waals surface area contributed by atoms with Crippen molar-refractivity contribution in [2.24, 2.45) is 0 Å². The molecule has 0 aliphatic carbocycles. The van der Waals surface area contributed by atoms with Gasteiger partial charge in [0.25, 0.3) is 0 Å². The fraction of sp³-hybridized carbons (Fsp3) is 0.516. The highest BCUT2D eigenvalue weighted by atomic mass is 16.5. The fourth-order valence-electron chi connectivity index (χ4n) is 4.79. The van der Waals surface area contributed by atoms with Crippen LogP contribution in [-0.4, -0.2) is 74.7 Å². The molecule has 0 fully saturated rings. The lowest BCUT2D eigenvalue weighted by atomic mass is 9.92. The Bertz CT molecular complexity index is 1250. The first kappa shape index (κ1) is 30.2. The highest BCUT2D eigenvalue weighted by Gasteiger charge is 2.21. The van der Waals surface area contributed by atoms with E-state index in [4.69, 9.17) is 9.72 Å². The summed E-state index contributed by atoms with van der Waals surface area (Å²) in [6, 6.07) is 11.0. The number of anilines is 2. The number of hydrogen-bond donors (Lipinski definition) is 3. The summed E-state index contributed by atoms with van der Waals surface area (Å²) in [5.41, 5.74) is 3.11. The minimum absolute atomic E-state index is 0.159. The van der Waals surface area contributed by atoms with Gasteiger partial charge >= 0.3 is 5.97 Å². The average Bonchev–Trinajstić information content (AvgIpc) is 2.97. The van der Waals surface area contributed by atoms with Crippen LogP contribution in [0.5, 0.6) is 5.88 Å². The number of nitrogens with one attached hydrogen (secondary N) is 2. The fourth-order valence-corrected chi connectivity index (χ4v) is 4.79. The number of aromatic nitrogens is 4. The summed E-state index contributed by atoms with van der Waals surface area (Å²) in [5, 5.41) is 16.5. The molecule has 10 nitrogen and oxygen atoms in total. The molecule has 0 saturated carbocycles. The van der Waals surface area contributed by atoms with Crippen LogP contribution in [0.15, 0.2) is 48.9 Å². The molecule has 0 aromatic carbocycles. The van der Waals surface area contributed by atoms with Crippen molar-refractivity contribution in [2.45, 2.75) is 70.8 Å². The Hall–Kier alpha value is -3.79. The zero-order valence-corrected chi connectivity index (χ0v) is 24.5. The van der Waals surface area contributed by atoms with E-state index in [1.54, 1.807) is 6.20 Å². The van der Waals surface area contributed by atoms with E-state index >= 15 is 0 Å². The third kappa shape index (κ3) is 9.67. The Balaban J connectivity index is 1.32. The number of carboxylic acid groups (broad SMARTS) is 1. The van der Waals surface area contributed by atoms with Crippen molar-refractivity contribution in [3.8, 4) is 5.88 Å². The van der Waals surface area contributed by atoms with Crippen LogP contribution in [0.2, 0.25) is 0 Å². The molecule has 0 amide bonds. The topological polar surface area (TPSA) is 125 Å². The summed E-state index contributed by atoms with van der Waals surface area (Å²) in [5.74, 6) is 1.24. The molecule has 0 spiro atoms. The maximum atomic E-state index is 12.1. The maximum absolute atomic E-state index is 12.1. The van der Waals surface area contributed by atoms with Crippen molar-refractivity contribution in [3.63, 3.8) is 0 Å². The zero-order chi connectivity index (χ0) is 29.1. The van der Waals surface area contributed by atoms with E-state index in [9.17, 15) is 9.90 Å². The lowest BCUT2D eigenvalue weighted by molar-refractivity contribution is -0.138. The summed E-state index contributed by atoms with van der Waals surface area (Å²) < 4.78 is 5.84. The van der Waals surface area contributed by atoms with E-state index in [1.807, 2.05) is 24.3 Å². The smallest absolute Gasteiger partial charge is 0.326 e. The lowest BCUT2D eigenvalue weighted by Crippen LogP contribution is -2.37. The van der Waals surface area contributed by atoms with Crippen molar-refractivity contribution in [2.75, 3.05) is 43.4 Å². The highest BCUT2D eigenvalue weighted by Crippen LogP contribution is 2.22. The molecule has 3 aromatic heterocycles. The third-order valence-electron chi connectivity index (χ3n) is 7.19. The third-order valence-corrected chi connectivity index (χ3v) is 7.19. The summed E-state index contributed by atoms with van der Waals surface area (Å²) >= 11 is 0. The molecule has 41 heavy (non-hydrogen) atoms. The highest BCUT2D eigenvalue weighted by molar-refractivity contribution is 5.76. The van der Waals surface area contributed by atoms with E-state index in [-0.39, 0.29) is 5.41 Å². The van der Waals surface area contributed by atoms with Crippen LogP contribution in [0.1, 0.15) is 63.4 Å². The number of carboxylic acids is 1. The van der Waals surface area contributed by atoms with Gasteiger partial charge in [-0.2, -0.15) is 0 Å². The van der Waals surface area contributed by atoms with Crippen LogP contribution >= 0.6 is 0 Å². The van der Waals surface area contributed by atoms with Gasteiger partial charge < -0.3 is 20.5 Å². The Morgan fingerprint density at radius 2 is 2.00 bits per heavy atom. The molecule has 4 heterocycles. The first-order valence-electron chi connectivity index (χ1n) is 14.6. The molecule has 3 N–H and O–H groups in total. The second-order valence-corrected chi connectivity index (χ2v) is 11.5. The van der Waals surface area contributed by atoms with Crippen LogP contribution in [-0.2, 0) is 23.1 Å². The van der Waals surface area contributed by atoms with E-state index in [0.29, 0.717) is 37.8 Å². The minimum atomic E-state index is -0.905. The number of hydrogen-bond acceptors (Lipinski definition) is 9. The molecule has 3 aromatic rings. The number of nitrogens with zero attached hydrogens (tertiary/aromatic N) is 5. The number of ether oxygens (including phenoxy) is 1. The van der Waals surface area contributed by atoms with Crippen molar-refractivity contribution >= 4 is 17.6 Å². The van der Waals surface area contributed by atoms with E-state index in [0.717, 1.165) is 62.4 Å². The Morgan fingerprint density at radius 3 is 2.78 bits per heavy atom. The molecule has 0 radical (unpaired) electrons. The molecule has 1 atom stereocenters. The predicted octanol–water partition coefficient (Wildman–Crippen LogP) is 4.58. The maximum Gasteiger partial charge on any atom is 0.326 e. The molecular formula is C31H43N7O3. The summed E-state index contributed by atoms with van der Waals surface area (Å²) in [6.07, 6.45) is 8.75. The van der Waals surface area contributed by atoms with Gasteiger partial charge in [-0.1, -0.05) is 32.9 Å².